The van der Waals surface area contributed by atoms with Gasteiger partial charge < -0.3 is 10.1 Å². The third-order valence-corrected chi connectivity index (χ3v) is 2.81. The number of rotatable bonds is 8. The first kappa shape index (κ1) is 15.2. The Morgan fingerprint density at radius 2 is 2.06 bits per heavy atom. The van der Waals surface area contributed by atoms with Crippen LogP contribution in [0, 0.1) is 6.92 Å². The van der Waals surface area contributed by atoms with E-state index >= 15 is 0 Å². The van der Waals surface area contributed by atoms with Crippen LogP contribution >= 0.6 is 0 Å². The van der Waals surface area contributed by atoms with Crippen molar-refractivity contribution < 1.29 is 4.74 Å². The Kier molecular flexibility index (Phi) is 6.36. The minimum Gasteiger partial charge on any atom is -0.379 e. The lowest BCUT2D eigenvalue weighted by Gasteiger charge is -2.07. The lowest BCUT2D eigenvalue weighted by molar-refractivity contribution is 0.0770. The van der Waals surface area contributed by atoms with Crippen LogP contribution in [-0.4, -0.2) is 29.0 Å². The van der Waals surface area contributed by atoms with Crippen molar-refractivity contribution in [1.29, 1.82) is 0 Å². The predicted molar refractivity (Wildman–Crippen MR) is 74.8 cm³/mol. The van der Waals surface area contributed by atoms with E-state index in [-0.39, 0.29) is 0 Å². The number of nitrogens with one attached hydrogen (secondary N) is 1. The van der Waals surface area contributed by atoms with Gasteiger partial charge in [0, 0.05) is 31.0 Å². The van der Waals surface area contributed by atoms with Gasteiger partial charge in [-0.3, -0.25) is 4.68 Å². The highest BCUT2D eigenvalue weighted by atomic mass is 16.5. The van der Waals surface area contributed by atoms with Crippen molar-refractivity contribution in [3.05, 3.63) is 17.5 Å². The van der Waals surface area contributed by atoms with Crippen molar-refractivity contribution in [3.63, 3.8) is 0 Å². The Morgan fingerprint density at radius 1 is 1.33 bits per heavy atom. The van der Waals surface area contributed by atoms with Crippen molar-refractivity contribution in [2.45, 2.75) is 59.7 Å². The molecule has 0 bridgehead atoms. The van der Waals surface area contributed by atoms with Crippen LogP contribution in [0.15, 0.2) is 6.20 Å². The van der Waals surface area contributed by atoms with Crippen LogP contribution in [0.1, 0.15) is 51.4 Å². The van der Waals surface area contributed by atoms with E-state index in [4.69, 9.17) is 4.74 Å². The van der Waals surface area contributed by atoms with E-state index in [1.165, 1.54) is 5.56 Å². The van der Waals surface area contributed by atoms with Crippen LogP contribution in [-0.2, 0) is 11.3 Å². The lowest BCUT2D eigenvalue weighted by atomic mass is 10.2. The van der Waals surface area contributed by atoms with E-state index in [0.717, 1.165) is 31.8 Å². The van der Waals surface area contributed by atoms with Crippen LogP contribution in [0.25, 0.3) is 0 Å². The number of aryl methyl sites for hydroxylation is 1. The van der Waals surface area contributed by atoms with E-state index in [1.807, 2.05) is 4.68 Å². The van der Waals surface area contributed by atoms with Crippen molar-refractivity contribution >= 4 is 0 Å². The number of aromatic nitrogens is 2. The number of hydrogen-bond donors (Lipinski definition) is 1. The molecule has 0 aliphatic rings. The van der Waals surface area contributed by atoms with Gasteiger partial charge in [-0.25, -0.2) is 0 Å². The van der Waals surface area contributed by atoms with Crippen molar-refractivity contribution in [2.75, 3.05) is 13.2 Å². The molecule has 4 heteroatoms. The van der Waals surface area contributed by atoms with Crippen LogP contribution in [0.2, 0.25) is 0 Å². The van der Waals surface area contributed by atoms with Gasteiger partial charge in [-0.05, 0) is 47.6 Å². The summed E-state index contributed by atoms with van der Waals surface area (Å²) in [6.45, 7) is 13.2. The standard InChI is InChI=1S/C14H27N3O/c1-11(2)17-10-14(13(5)16-17)9-15-7-6-8-18-12(3)4/h10-12,15H,6-9H2,1-5H3. The quantitative estimate of drug-likeness (QED) is 0.724. The molecule has 0 amide bonds. The molecule has 0 radical (unpaired) electrons. The lowest BCUT2D eigenvalue weighted by Crippen LogP contribution is -2.17. The van der Waals surface area contributed by atoms with Crippen LogP contribution in [0.3, 0.4) is 0 Å². The van der Waals surface area contributed by atoms with E-state index in [2.05, 4.69) is 51.2 Å². The predicted octanol–water partition coefficient (Wildman–Crippen LogP) is 2.68. The molecule has 0 aliphatic carbocycles. The Balaban J connectivity index is 2.23. The fourth-order valence-corrected chi connectivity index (χ4v) is 1.70. The molecule has 0 unspecified atom stereocenters. The summed E-state index contributed by atoms with van der Waals surface area (Å²) in [5, 5.41) is 7.94. The number of ether oxygens (including phenoxy) is 1. The van der Waals surface area contributed by atoms with Gasteiger partial charge in [0.25, 0.3) is 0 Å². The van der Waals surface area contributed by atoms with Gasteiger partial charge in [0.1, 0.15) is 0 Å². The first-order chi connectivity index (χ1) is 8.50. The molecule has 1 aromatic heterocycles. The Bertz CT molecular complexity index is 345. The molecule has 1 heterocycles. The molecule has 4 nitrogen and oxygen atoms in total. The summed E-state index contributed by atoms with van der Waals surface area (Å²) < 4.78 is 7.52. The molecule has 1 aromatic rings. The van der Waals surface area contributed by atoms with E-state index in [1.54, 1.807) is 0 Å². The van der Waals surface area contributed by atoms with Crippen molar-refractivity contribution in [2.24, 2.45) is 0 Å². The zero-order valence-corrected chi connectivity index (χ0v) is 12.4. The highest BCUT2D eigenvalue weighted by Crippen LogP contribution is 2.10. The van der Waals surface area contributed by atoms with Gasteiger partial charge in [0.15, 0.2) is 0 Å². The average molecular weight is 253 g/mol. The van der Waals surface area contributed by atoms with E-state index < -0.39 is 0 Å². The Morgan fingerprint density at radius 3 is 2.61 bits per heavy atom. The zero-order chi connectivity index (χ0) is 13.5. The molecular formula is C14H27N3O. The maximum atomic E-state index is 5.50. The molecule has 0 spiro atoms. The molecule has 0 saturated heterocycles. The highest BCUT2D eigenvalue weighted by molar-refractivity contribution is 5.15. The monoisotopic (exact) mass is 253 g/mol. The van der Waals surface area contributed by atoms with E-state index in [9.17, 15) is 0 Å². The van der Waals surface area contributed by atoms with Gasteiger partial charge in [0.05, 0.1) is 11.8 Å². The second-order valence-electron chi connectivity index (χ2n) is 5.26. The van der Waals surface area contributed by atoms with Crippen LogP contribution in [0.5, 0.6) is 0 Å². The molecule has 1 N–H and O–H groups in total. The van der Waals surface area contributed by atoms with Gasteiger partial charge in [-0.15, -0.1) is 0 Å². The SMILES string of the molecule is Cc1nn(C(C)C)cc1CNCCCOC(C)C. The van der Waals surface area contributed by atoms with Gasteiger partial charge in [-0.2, -0.15) is 5.10 Å². The Labute approximate surface area is 111 Å². The molecule has 0 fully saturated rings. The summed E-state index contributed by atoms with van der Waals surface area (Å²) in [7, 11) is 0. The average Bonchev–Trinajstić information content (AvgIpc) is 2.65. The molecule has 0 aliphatic heterocycles. The van der Waals surface area contributed by atoms with Gasteiger partial charge >= 0.3 is 0 Å². The first-order valence-corrected chi connectivity index (χ1v) is 6.87. The smallest absolute Gasteiger partial charge is 0.0638 e. The van der Waals surface area contributed by atoms with Gasteiger partial charge in [0.2, 0.25) is 0 Å². The van der Waals surface area contributed by atoms with Crippen LogP contribution < -0.4 is 5.32 Å². The van der Waals surface area contributed by atoms with Crippen LogP contribution in [0.4, 0.5) is 0 Å². The van der Waals surface area contributed by atoms with Crippen molar-refractivity contribution in [1.82, 2.24) is 15.1 Å². The molecule has 1 rings (SSSR count). The normalized spacial score (nSPS) is 11.7. The fourth-order valence-electron chi connectivity index (χ4n) is 1.70. The molecule has 104 valence electrons. The summed E-state index contributed by atoms with van der Waals surface area (Å²) in [4.78, 5) is 0. The molecule has 0 aromatic carbocycles. The molecule has 0 saturated carbocycles. The molecule has 0 atom stereocenters. The second-order valence-corrected chi connectivity index (χ2v) is 5.26. The van der Waals surface area contributed by atoms with Gasteiger partial charge in [-0.1, -0.05) is 0 Å². The first-order valence-electron chi connectivity index (χ1n) is 6.87. The third-order valence-electron chi connectivity index (χ3n) is 2.81. The van der Waals surface area contributed by atoms with E-state index in [0.29, 0.717) is 12.1 Å². The van der Waals surface area contributed by atoms with Crippen molar-refractivity contribution in [3.8, 4) is 0 Å². The summed E-state index contributed by atoms with van der Waals surface area (Å²) in [6.07, 6.45) is 3.52. The largest absolute Gasteiger partial charge is 0.379 e. The maximum Gasteiger partial charge on any atom is 0.0638 e. The highest BCUT2D eigenvalue weighted by Gasteiger charge is 2.06. The number of hydrogen-bond acceptors (Lipinski definition) is 3. The number of nitrogens with zero attached hydrogens (tertiary/aromatic N) is 2. The zero-order valence-electron chi connectivity index (χ0n) is 12.4. The third kappa shape index (κ3) is 5.19. The summed E-state index contributed by atoms with van der Waals surface area (Å²) >= 11 is 0. The maximum absolute atomic E-state index is 5.50. The molecule has 18 heavy (non-hydrogen) atoms. The topological polar surface area (TPSA) is 39.1 Å². The minimum atomic E-state index is 0.330. The summed E-state index contributed by atoms with van der Waals surface area (Å²) in [6, 6.07) is 0.428. The second kappa shape index (κ2) is 7.54. The summed E-state index contributed by atoms with van der Waals surface area (Å²) in [5.74, 6) is 0. The minimum absolute atomic E-state index is 0.330. The molecular weight excluding hydrogens is 226 g/mol. The fraction of sp³-hybridized carbons (Fsp3) is 0.786. The Hall–Kier alpha value is -0.870. The summed E-state index contributed by atoms with van der Waals surface area (Å²) in [5.41, 5.74) is 2.41.